The molecule has 1 aromatic rings. The molecule has 1 saturated carbocycles. The van der Waals surface area contributed by atoms with Gasteiger partial charge in [0.2, 0.25) is 5.88 Å². The zero-order valence-electron chi connectivity index (χ0n) is 10.2. The summed E-state index contributed by atoms with van der Waals surface area (Å²) in [6, 6.07) is 2.96. The molecule has 0 aromatic carbocycles. The number of aromatic nitrogens is 1. The molecule has 1 aliphatic rings. The minimum Gasteiger partial charge on any atom is -0.474 e. The maximum absolute atomic E-state index is 11.1. The molecule has 1 aromatic heterocycles. The van der Waals surface area contributed by atoms with Crippen molar-refractivity contribution < 1.29 is 13.2 Å². The van der Waals surface area contributed by atoms with E-state index in [-0.39, 0.29) is 11.0 Å². The Labute approximate surface area is 112 Å². The molecule has 0 atom stereocenters. The maximum Gasteiger partial charge on any atom is 0.262 e. The number of ether oxygens (including phenoxy) is 1. The Kier molecular flexibility index (Phi) is 4.12. The largest absolute Gasteiger partial charge is 0.474 e. The molecular formula is C12H16ClNO3S. The third-order valence-electron chi connectivity index (χ3n) is 3.24. The molecule has 0 N–H and O–H groups in total. The second kappa shape index (κ2) is 5.45. The van der Waals surface area contributed by atoms with Gasteiger partial charge in [0.1, 0.15) is 11.0 Å². The molecule has 0 saturated heterocycles. The van der Waals surface area contributed by atoms with Crippen molar-refractivity contribution in [2.24, 2.45) is 5.92 Å². The highest BCUT2D eigenvalue weighted by Crippen LogP contribution is 2.26. The Balaban J connectivity index is 1.98. The van der Waals surface area contributed by atoms with Gasteiger partial charge in [-0.05, 0) is 37.7 Å². The van der Waals surface area contributed by atoms with E-state index in [4.69, 9.17) is 15.4 Å². The van der Waals surface area contributed by atoms with Gasteiger partial charge in [0, 0.05) is 16.7 Å². The lowest BCUT2D eigenvalue weighted by Gasteiger charge is -2.26. The van der Waals surface area contributed by atoms with Gasteiger partial charge >= 0.3 is 0 Å². The summed E-state index contributed by atoms with van der Waals surface area (Å²) in [6.07, 6.45) is 5.80. The molecule has 0 bridgehead atoms. The summed E-state index contributed by atoms with van der Waals surface area (Å²) >= 11 is 0. The normalized spacial score (nSPS) is 24.8. The molecule has 1 heterocycles. The second-order valence-corrected chi connectivity index (χ2v) is 7.34. The highest BCUT2D eigenvalue weighted by molar-refractivity contribution is 8.13. The molecule has 2 rings (SSSR count). The number of nitrogens with zero attached hydrogens (tertiary/aromatic N) is 1. The Hall–Kier alpha value is -0.810. The lowest BCUT2D eigenvalue weighted by atomic mass is 9.89. The van der Waals surface area contributed by atoms with E-state index in [9.17, 15) is 8.42 Å². The van der Waals surface area contributed by atoms with Crippen LogP contribution < -0.4 is 4.74 Å². The molecule has 1 aliphatic carbocycles. The standard InChI is InChI=1S/C12H16ClNO3S/c1-9-2-4-10(5-3-9)17-12-7-6-11(8-14-12)18(13,15)16/h6-10H,2-5H2,1H3. The molecule has 18 heavy (non-hydrogen) atoms. The molecule has 6 heteroatoms. The van der Waals surface area contributed by atoms with Crippen LogP contribution in [0.25, 0.3) is 0 Å². The predicted molar refractivity (Wildman–Crippen MR) is 69.3 cm³/mol. The summed E-state index contributed by atoms with van der Waals surface area (Å²) in [7, 11) is 1.50. The fraction of sp³-hybridized carbons (Fsp3) is 0.583. The van der Waals surface area contributed by atoms with Crippen LogP contribution in [0.4, 0.5) is 0 Å². The quantitative estimate of drug-likeness (QED) is 0.803. The number of hydrogen-bond acceptors (Lipinski definition) is 4. The van der Waals surface area contributed by atoms with Crippen molar-refractivity contribution in [3.63, 3.8) is 0 Å². The Morgan fingerprint density at radius 2 is 1.94 bits per heavy atom. The molecular weight excluding hydrogens is 274 g/mol. The minimum atomic E-state index is -3.71. The van der Waals surface area contributed by atoms with Crippen molar-refractivity contribution in [3.8, 4) is 5.88 Å². The number of hydrogen-bond donors (Lipinski definition) is 0. The average Bonchev–Trinajstić information content (AvgIpc) is 2.32. The van der Waals surface area contributed by atoms with Gasteiger partial charge in [0.25, 0.3) is 9.05 Å². The van der Waals surface area contributed by atoms with E-state index < -0.39 is 9.05 Å². The first kappa shape index (κ1) is 13.6. The van der Waals surface area contributed by atoms with Crippen LogP contribution in [0.3, 0.4) is 0 Å². The van der Waals surface area contributed by atoms with Gasteiger partial charge in [-0.2, -0.15) is 0 Å². The van der Waals surface area contributed by atoms with Gasteiger partial charge in [-0.25, -0.2) is 13.4 Å². The summed E-state index contributed by atoms with van der Waals surface area (Å²) in [5.41, 5.74) is 0. The number of rotatable bonds is 3. The monoisotopic (exact) mass is 289 g/mol. The van der Waals surface area contributed by atoms with E-state index >= 15 is 0 Å². The van der Waals surface area contributed by atoms with Crippen LogP contribution in [0.1, 0.15) is 32.6 Å². The summed E-state index contributed by atoms with van der Waals surface area (Å²) in [5, 5.41) is 0. The third kappa shape index (κ3) is 3.59. The molecule has 0 aliphatic heterocycles. The predicted octanol–water partition coefficient (Wildman–Crippen LogP) is 2.97. The Morgan fingerprint density at radius 1 is 1.28 bits per heavy atom. The smallest absolute Gasteiger partial charge is 0.262 e. The zero-order chi connectivity index (χ0) is 13.2. The fourth-order valence-electron chi connectivity index (χ4n) is 2.10. The average molecular weight is 290 g/mol. The first-order chi connectivity index (χ1) is 8.45. The molecule has 1 fully saturated rings. The summed E-state index contributed by atoms with van der Waals surface area (Å²) < 4.78 is 27.8. The van der Waals surface area contributed by atoms with Crippen molar-refractivity contribution in [2.45, 2.75) is 43.6 Å². The maximum atomic E-state index is 11.1. The van der Waals surface area contributed by atoms with Crippen LogP contribution in [0.15, 0.2) is 23.2 Å². The first-order valence-electron chi connectivity index (χ1n) is 6.02. The van der Waals surface area contributed by atoms with Crippen LogP contribution in [-0.4, -0.2) is 19.5 Å². The second-order valence-electron chi connectivity index (χ2n) is 4.77. The van der Waals surface area contributed by atoms with Crippen molar-refractivity contribution >= 4 is 19.7 Å². The minimum absolute atomic E-state index is 0.00576. The van der Waals surface area contributed by atoms with Gasteiger partial charge in [0.05, 0.1) is 6.20 Å². The summed E-state index contributed by atoms with van der Waals surface area (Å²) in [4.78, 5) is 3.97. The van der Waals surface area contributed by atoms with Gasteiger partial charge in [-0.3, -0.25) is 0 Å². The molecule has 4 nitrogen and oxygen atoms in total. The topological polar surface area (TPSA) is 56.3 Å². The van der Waals surface area contributed by atoms with Gasteiger partial charge in [-0.15, -0.1) is 0 Å². The molecule has 0 radical (unpaired) electrons. The van der Waals surface area contributed by atoms with Crippen LogP contribution >= 0.6 is 10.7 Å². The van der Waals surface area contributed by atoms with Crippen molar-refractivity contribution in [1.29, 1.82) is 0 Å². The molecule has 0 amide bonds. The number of halogens is 1. The first-order valence-corrected chi connectivity index (χ1v) is 8.33. The lowest BCUT2D eigenvalue weighted by Crippen LogP contribution is -2.23. The van der Waals surface area contributed by atoms with Crippen LogP contribution in [0.2, 0.25) is 0 Å². The Bertz CT molecular complexity index is 493. The highest BCUT2D eigenvalue weighted by atomic mass is 35.7. The zero-order valence-corrected chi connectivity index (χ0v) is 11.7. The van der Waals surface area contributed by atoms with Gasteiger partial charge < -0.3 is 4.74 Å². The van der Waals surface area contributed by atoms with Crippen LogP contribution in [-0.2, 0) is 9.05 Å². The molecule has 0 unspecified atom stereocenters. The highest BCUT2D eigenvalue weighted by Gasteiger charge is 2.20. The van der Waals surface area contributed by atoms with E-state index in [1.165, 1.54) is 25.1 Å². The van der Waals surface area contributed by atoms with E-state index in [1.807, 2.05) is 0 Å². The van der Waals surface area contributed by atoms with Crippen LogP contribution in [0, 0.1) is 5.92 Å². The SMILES string of the molecule is CC1CCC(Oc2ccc(S(=O)(=O)Cl)cn2)CC1. The van der Waals surface area contributed by atoms with Gasteiger partial charge in [0.15, 0.2) is 0 Å². The summed E-state index contributed by atoms with van der Waals surface area (Å²) in [6.45, 7) is 2.24. The van der Waals surface area contributed by atoms with Crippen LogP contribution in [0.5, 0.6) is 5.88 Å². The van der Waals surface area contributed by atoms with E-state index in [0.717, 1.165) is 18.8 Å². The van der Waals surface area contributed by atoms with E-state index in [0.29, 0.717) is 5.88 Å². The summed E-state index contributed by atoms with van der Waals surface area (Å²) in [5.74, 6) is 1.22. The number of pyridine rings is 1. The molecule has 0 spiro atoms. The van der Waals surface area contributed by atoms with E-state index in [2.05, 4.69) is 11.9 Å². The van der Waals surface area contributed by atoms with Gasteiger partial charge in [-0.1, -0.05) is 6.92 Å². The Morgan fingerprint density at radius 3 is 2.44 bits per heavy atom. The van der Waals surface area contributed by atoms with Crippen molar-refractivity contribution in [3.05, 3.63) is 18.3 Å². The van der Waals surface area contributed by atoms with Crippen molar-refractivity contribution in [2.75, 3.05) is 0 Å². The van der Waals surface area contributed by atoms with E-state index in [1.54, 1.807) is 6.07 Å². The third-order valence-corrected chi connectivity index (χ3v) is 4.58. The fourth-order valence-corrected chi connectivity index (χ4v) is 2.78. The van der Waals surface area contributed by atoms with Crippen molar-refractivity contribution in [1.82, 2.24) is 4.98 Å². The molecule has 100 valence electrons. The lowest BCUT2D eigenvalue weighted by molar-refractivity contribution is 0.130.